The first-order chi connectivity index (χ1) is 9.63. The molecule has 0 saturated heterocycles. The lowest BCUT2D eigenvalue weighted by Crippen LogP contribution is -2.35. The van der Waals surface area contributed by atoms with Gasteiger partial charge < -0.3 is 15.2 Å². The van der Waals surface area contributed by atoms with Crippen LogP contribution in [0, 0.1) is 11.3 Å². The summed E-state index contributed by atoms with van der Waals surface area (Å²) >= 11 is 3.41. The maximum absolute atomic E-state index is 9.60. The third-order valence-corrected chi connectivity index (χ3v) is 3.74. The highest BCUT2D eigenvalue weighted by Crippen LogP contribution is 2.41. The van der Waals surface area contributed by atoms with E-state index in [0.29, 0.717) is 5.75 Å². The summed E-state index contributed by atoms with van der Waals surface area (Å²) < 4.78 is 6.46. The van der Waals surface area contributed by atoms with Crippen LogP contribution in [0.25, 0.3) is 0 Å². The van der Waals surface area contributed by atoms with Gasteiger partial charge in [-0.3, -0.25) is 0 Å². The number of ether oxygens (including phenoxy) is 1. The summed E-state index contributed by atoms with van der Waals surface area (Å²) in [6.07, 6.45) is 0. The molecule has 100 valence electrons. The largest absolute Gasteiger partial charge is 0.508 e. The Kier molecular flexibility index (Phi) is 3.03. The van der Waals surface area contributed by atoms with Gasteiger partial charge in [-0.2, -0.15) is 5.26 Å². The van der Waals surface area contributed by atoms with Crippen molar-refractivity contribution in [1.29, 1.82) is 5.26 Å². The number of fused-ring (bicyclic) bond motifs is 1. The highest BCUT2D eigenvalue weighted by atomic mass is 79.9. The van der Waals surface area contributed by atoms with Crippen LogP contribution in [0.5, 0.6) is 11.5 Å². The lowest BCUT2D eigenvalue weighted by Gasteiger charge is -2.22. The van der Waals surface area contributed by atoms with Crippen molar-refractivity contribution < 1.29 is 9.84 Å². The molecule has 5 heteroatoms. The summed E-state index contributed by atoms with van der Waals surface area (Å²) in [4.78, 5) is 0. The number of anilines is 1. The molecule has 0 aromatic heterocycles. The van der Waals surface area contributed by atoms with E-state index >= 15 is 0 Å². The second kappa shape index (κ2) is 4.73. The zero-order valence-corrected chi connectivity index (χ0v) is 12.0. The van der Waals surface area contributed by atoms with Crippen molar-refractivity contribution in [3.05, 3.63) is 52.5 Å². The van der Waals surface area contributed by atoms with E-state index in [-0.39, 0.29) is 12.4 Å². The molecule has 0 fully saturated rings. The van der Waals surface area contributed by atoms with Gasteiger partial charge in [0.15, 0.2) is 5.54 Å². The van der Waals surface area contributed by atoms with Crippen molar-refractivity contribution in [1.82, 2.24) is 0 Å². The number of hydrogen-bond acceptors (Lipinski definition) is 4. The topological polar surface area (TPSA) is 65.3 Å². The molecule has 0 radical (unpaired) electrons. The standard InChI is InChI=1S/C15H11BrN2O2/c16-10-2-1-3-11(6-10)18-15(8-17)9-20-14-7-12(19)4-5-13(14)15/h1-7,18-19H,9H2. The molecule has 0 spiro atoms. The van der Waals surface area contributed by atoms with Gasteiger partial charge in [0.2, 0.25) is 0 Å². The van der Waals surface area contributed by atoms with Gasteiger partial charge in [0, 0.05) is 21.8 Å². The maximum atomic E-state index is 9.60. The van der Waals surface area contributed by atoms with Gasteiger partial charge in [-0.25, -0.2) is 0 Å². The molecule has 3 rings (SSSR count). The van der Waals surface area contributed by atoms with E-state index in [1.54, 1.807) is 12.1 Å². The first-order valence-corrected chi connectivity index (χ1v) is 6.83. The van der Waals surface area contributed by atoms with Gasteiger partial charge >= 0.3 is 0 Å². The normalized spacial score (nSPS) is 19.8. The second-order valence-electron chi connectivity index (χ2n) is 4.62. The number of hydrogen-bond donors (Lipinski definition) is 2. The molecule has 20 heavy (non-hydrogen) atoms. The Morgan fingerprint density at radius 1 is 1.30 bits per heavy atom. The van der Waals surface area contributed by atoms with Gasteiger partial charge in [-0.1, -0.05) is 22.0 Å². The zero-order valence-electron chi connectivity index (χ0n) is 10.4. The van der Waals surface area contributed by atoms with Crippen LogP contribution in [-0.2, 0) is 5.54 Å². The van der Waals surface area contributed by atoms with E-state index in [1.165, 1.54) is 6.07 Å². The van der Waals surface area contributed by atoms with Crippen LogP contribution in [0.15, 0.2) is 46.9 Å². The minimum atomic E-state index is -0.941. The number of phenols is 1. The molecule has 0 saturated carbocycles. The number of aromatic hydroxyl groups is 1. The molecule has 1 heterocycles. The molecule has 2 aromatic rings. The first-order valence-electron chi connectivity index (χ1n) is 6.04. The molecule has 4 nitrogen and oxygen atoms in total. The molecular weight excluding hydrogens is 320 g/mol. The third-order valence-electron chi connectivity index (χ3n) is 3.24. The molecule has 2 N–H and O–H groups in total. The van der Waals surface area contributed by atoms with Crippen molar-refractivity contribution in [2.24, 2.45) is 0 Å². The molecule has 1 unspecified atom stereocenters. The maximum Gasteiger partial charge on any atom is 0.188 e. The summed E-state index contributed by atoms with van der Waals surface area (Å²) in [6, 6.07) is 14.7. The van der Waals surface area contributed by atoms with Crippen LogP contribution in [0.3, 0.4) is 0 Å². The minimum absolute atomic E-state index is 0.125. The Morgan fingerprint density at radius 3 is 2.90 bits per heavy atom. The highest BCUT2D eigenvalue weighted by molar-refractivity contribution is 9.10. The zero-order chi connectivity index (χ0) is 14.2. The molecular formula is C15H11BrN2O2. The molecule has 1 aliphatic heterocycles. The van der Waals surface area contributed by atoms with E-state index in [1.807, 2.05) is 24.3 Å². The number of halogens is 1. The monoisotopic (exact) mass is 330 g/mol. The molecule has 2 aromatic carbocycles. The van der Waals surface area contributed by atoms with Crippen molar-refractivity contribution in [3.8, 4) is 17.6 Å². The first kappa shape index (κ1) is 12.8. The Hall–Kier alpha value is -2.19. The van der Waals surface area contributed by atoms with E-state index in [2.05, 4.69) is 27.3 Å². The number of phenolic OH excluding ortho intramolecular Hbond substituents is 1. The summed E-state index contributed by atoms with van der Waals surface area (Å²) in [5, 5.41) is 22.3. The molecule has 1 atom stereocenters. The predicted octanol–water partition coefficient (Wildman–Crippen LogP) is 3.38. The Balaban J connectivity index is 2.01. The minimum Gasteiger partial charge on any atom is -0.508 e. The Labute approximate surface area is 124 Å². The number of nitriles is 1. The van der Waals surface area contributed by atoms with Gasteiger partial charge in [-0.05, 0) is 30.3 Å². The van der Waals surface area contributed by atoms with Crippen molar-refractivity contribution in [2.45, 2.75) is 5.54 Å². The molecule has 0 bridgehead atoms. The van der Waals surface area contributed by atoms with Crippen LogP contribution in [-0.4, -0.2) is 11.7 Å². The van der Waals surface area contributed by atoms with Crippen LogP contribution in [0.4, 0.5) is 5.69 Å². The van der Waals surface area contributed by atoms with E-state index in [4.69, 9.17) is 4.74 Å². The van der Waals surface area contributed by atoms with Crippen LogP contribution < -0.4 is 10.1 Å². The van der Waals surface area contributed by atoms with Gasteiger partial charge in [0.25, 0.3) is 0 Å². The van der Waals surface area contributed by atoms with Crippen molar-refractivity contribution in [3.63, 3.8) is 0 Å². The average molecular weight is 331 g/mol. The Morgan fingerprint density at radius 2 is 2.15 bits per heavy atom. The summed E-state index contributed by atoms with van der Waals surface area (Å²) in [5.74, 6) is 0.661. The lowest BCUT2D eigenvalue weighted by molar-refractivity contribution is 0.313. The summed E-state index contributed by atoms with van der Waals surface area (Å²) in [7, 11) is 0. The fourth-order valence-corrected chi connectivity index (χ4v) is 2.68. The SMILES string of the molecule is N#CC1(Nc2cccc(Br)c2)COc2cc(O)ccc21. The van der Waals surface area contributed by atoms with Gasteiger partial charge in [-0.15, -0.1) is 0 Å². The smallest absolute Gasteiger partial charge is 0.188 e. The Bertz CT molecular complexity index is 711. The predicted molar refractivity (Wildman–Crippen MR) is 78.7 cm³/mol. The lowest BCUT2D eigenvalue weighted by atomic mass is 9.93. The highest BCUT2D eigenvalue weighted by Gasteiger charge is 2.41. The molecule has 1 aliphatic rings. The van der Waals surface area contributed by atoms with Crippen LogP contribution in [0.2, 0.25) is 0 Å². The summed E-state index contributed by atoms with van der Waals surface area (Å²) in [5.41, 5.74) is 0.618. The molecule has 0 amide bonds. The summed E-state index contributed by atoms with van der Waals surface area (Å²) in [6.45, 7) is 0.203. The number of benzene rings is 2. The van der Waals surface area contributed by atoms with E-state index in [9.17, 15) is 10.4 Å². The quantitative estimate of drug-likeness (QED) is 0.885. The average Bonchev–Trinajstić information content (AvgIpc) is 2.77. The van der Waals surface area contributed by atoms with E-state index < -0.39 is 5.54 Å². The van der Waals surface area contributed by atoms with Gasteiger partial charge in [0.05, 0.1) is 6.07 Å². The van der Waals surface area contributed by atoms with Crippen molar-refractivity contribution >= 4 is 21.6 Å². The number of nitrogens with one attached hydrogen (secondary N) is 1. The van der Waals surface area contributed by atoms with Crippen LogP contribution in [0.1, 0.15) is 5.56 Å². The number of nitrogens with zero attached hydrogens (tertiary/aromatic N) is 1. The van der Waals surface area contributed by atoms with E-state index in [0.717, 1.165) is 15.7 Å². The van der Waals surface area contributed by atoms with Gasteiger partial charge in [0.1, 0.15) is 18.1 Å². The fourth-order valence-electron chi connectivity index (χ4n) is 2.28. The molecule has 0 aliphatic carbocycles. The van der Waals surface area contributed by atoms with Crippen LogP contribution >= 0.6 is 15.9 Å². The number of rotatable bonds is 2. The second-order valence-corrected chi connectivity index (χ2v) is 5.54. The third kappa shape index (κ3) is 2.08. The van der Waals surface area contributed by atoms with Crippen molar-refractivity contribution in [2.75, 3.05) is 11.9 Å². The fraction of sp³-hybridized carbons (Fsp3) is 0.133.